The van der Waals surface area contributed by atoms with Gasteiger partial charge in [-0.1, -0.05) is 25.9 Å². The fraction of sp³-hybridized carbons (Fsp3) is 0.600. The van der Waals surface area contributed by atoms with Crippen molar-refractivity contribution in [1.82, 2.24) is 5.16 Å². The lowest BCUT2D eigenvalue weighted by atomic mass is 9.93. The van der Waals surface area contributed by atoms with Crippen molar-refractivity contribution in [3.8, 4) is 0 Å². The smallest absolute Gasteiger partial charge is 0.142 e. The molecule has 0 N–H and O–H groups in total. The molecule has 3 heteroatoms. The lowest BCUT2D eigenvalue weighted by molar-refractivity contribution is -0.106. The molecule has 0 aliphatic carbocycles. The van der Waals surface area contributed by atoms with Gasteiger partial charge in [0.1, 0.15) is 12.0 Å². The monoisotopic (exact) mass is 183 g/mol. The first-order valence-electron chi connectivity index (χ1n) is 4.25. The van der Waals surface area contributed by atoms with Crippen LogP contribution in [0, 0.1) is 6.92 Å². The number of carbonyl (C=O) groups is 1. The topological polar surface area (TPSA) is 43.1 Å². The molecule has 0 atom stereocenters. The Kier molecular flexibility index (Phi) is 4.38. The maximum atomic E-state index is 8.81. The normalized spacial score (nSPS) is 10.2. The average Bonchev–Trinajstić information content (AvgIpc) is 2.35. The molecule has 0 saturated heterocycles. The van der Waals surface area contributed by atoms with Crippen LogP contribution in [0.5, 0.6) is 0 Å². The SMILES string of the molecule is CC=O.Cc1cc(C(C)(C)C)on1. The highest BCUT2D eigenvalue weighted by Gasteiger charge is 2.18. The Morgan fingerprint density at radius 2 is 1.92 bits per heavy atom. The van der Waals surface area contributed by atoms with Crippen molar-refractivity contribution in [2.75, 3.05) is 0 Å². The Morgan fingerprint density at radius 3 is 2.08 bits per heavy atom. The molecule has 1 heterocycles. The zero-order chi connectivity index (χ0) is 10.5. The highest BCUT2D eigenvalue weighted by atomic mass is 16.5. The third-order valence-electron chi connectivity index (χ3n) is 1.37. The number of rotatable bonds is 0. The molecule has 13 heavy (non-hydrogen) atoms. The van der Waals surface area contributed by atoms with Gasteiger partial charge in [-0.05, 0) is 13.8 Å². The van der Waals surface area contributed by atoms with Crippen molar-refractivity contribution in [2.45, 2.75) is 40.0 Å². The molecule has 0 aliphatic heterocycles. The predicted octanol–water partition coefficient (Wildman–Crippen LogP) is 2.49. The summed E-state index contributed by atoms with van der Waals surface area (Å²) in [7, 11) is 0. The number of aldehydes is 1. The van der Waals surface area contributed by atoms with Crippen LogP contribution >= 0.6 is 0 Å². The average molecular weight is 183 g/mol. The molecule has 1 aromatic rings. The van der Waals surface area contributed by atoms with Crippen LogP contribution in [0.15, 0.2) is 10.6 Å². The zero-order valence-corrected chi connectivity index (χ0v) is 8.92. The largest absolute Gasteiger partial charge is 0.361 e. The molecule has 1 rings (SSSR count). The summed E-state index contributed by atoms with van der Waals surface area (Å²) in [6.07, 6.45) is 0.750. The van der Waals surface area contributed by atoms with Gasteiger partial charge in [0.25, 0.3) is 0 Å². The Balaban J connectivity index is 0.000000424. The molecule has 0 saturated carbocycles. The minimum atomic E-state index is 0.0846. The maximum Gasteiger partial charge on any atom is 0.142 e. The molecule has 1 aromatic heterocycles. The minimum absolute atomic E-state index is 0.0846. The molecular formula is C10H17NO2. The van der Waals surface area contributed by atoms with Crippen LogP contribution in [-0.2, 0) is 10.2 Å². The van der Waals surface area contributed by atoms with E-state index in [-0.39, 0.29) is 5.41 Å². The van der Waals surface area contributed by atoms with Gasteiger partial charge in [0.05, 0.1) is 5.69 Å². The number of aryl methyl sites for hydroxylation is 1. The Hall–Kier alpha value is -1.12. The summed E-state index contributed by atoms with van der Waals surface area (Å²) in [4.78, 5) is 8.81. The molecule has 0 unspecified atom stereocenters. The van der Waals surface area contributed by atoms with Crippen LogP contribution in [-0.4, -0.2) is 11.4 Å². The van der Waals surface area contributed by atoms with Gasteiger partial charge < -0.3 is 9.32 Å². The summed E-state index contributed by atoms with van der Waals surface area (Å²) < 4.78 is 5.08. The quantitative estimate of drug-likeness (QED) is 0.580. The van der Waals surface area contributed by atoms with Crippen molar-refractivity contribution in [3.63, 3.8) is 0 Å². The number of carbonyl (C=O) groups excluding carboxylic acids is 1. The lowest BCUT2D eigenvalue weighted by Crippen LogP contribution is -2.09. The van der Waals surface area contributed by atoms with Crippen LogP contribution in [0.4, 0.5) is 0 Å². The molecule has 0 aromatic carbocycles. The van der Waals surface area contributed by atoms with E-state index in [0.29, 0.717) is 0 Å². The fourth-order valence-corrected chi connectivity index (χ4v) is 0.717. The Labute approximate surface area is 79.1 Å². The first-order valence-corrected chi connectivity index (χ1v) is 4.25. The van der Waals surface area contributed by atoms with Crippen molar-refractivity contribution in [2.24, 2.45) is 0 Å². The van der Waals surface area contributed by atoms with Crippen molar-refractivity contribution in [3.05, 3.63) is 17.5 Å². The maximum absolute atomic E-state index is 8.81. The van der Waals surface area contributed by atoms with Gasteiger partial charge in [-0.15, -0.1) is 0 Å². The Bertz CT molecular complexity index is 258. The van der Waals surface area contributed by atoms with E-state index in [1.807, 2.05) is 13.0 Å². The Morgan fingerprint density at radius 1 is 1.46 bits per heavy atom. The third kappa shape index (κ3) is 4.45. The summed E-state index contributed by atoms with van der Waals surface area (Å²) >= 11 is 0. The van der Waals surface area contributed by atoms with Gasteiger partial charge in [-0.2, -0.15) is 0 Å². The van der Waals surface area contributed by atoms with Gasteiger partial charge in [-0.25, -0.2) is 0 Å². The molecule has 3 nitrogen and oxygen atoms in total. The van der Waals surface area contributed by atoms with E-state index in [1.54, 1.807) is 0 Å². The van der Waals surface area contributed by atoms with E-state index >= 15 is 0 Å². The lowest BCUT2D eigenvalue weighted by Gasteiger charge is -2.11. The summed E-state index contributed by atoms with van der Waals surface area (Å²) in [6.45, 7) is 9.69. The molecule has 0 aliphatic rings. The fourth-order valence-electron chi connectivity index (χ4n) is 0.717. The third-order valence-corrected chi connectivity index (χ3v) is 1.37. The van der Waals surface area contributed by atoms with E-state index in [2.05, 4.69) is 25.9 Å². The summed E-state index contributed by atoms with van der Waals surface area (Å²) in [5.41, 5.74) is 1.03. The number of aromatic nitrogens is 1. The summed E-state index contributed by atoms with van der Waals surface area (Å²) in [6, 6.07) is 1.97. The first kappa shape index (κ1) is 11.9. The van der Waals surface area contributed by atoms with Gasteiger partial charge in [0.2, 0.25) is 0 Å². The molecule has 0 spiro atoms. The number of hydrogen-bond acceptors (Lipinski definition) is 3. The van der Waals surface area contributed by atoms with Crippen LogP contribution < -0.4 is 0 Å². The second-order valence-corrected chi connectivity index (χ2v) is 3.82. The van der Waals surface area contributed by atoms with Crippen molar-refractivity contribution in [1.29, 1.82) is 0 Å². The standard InChI is InChI=1S/C8H13NO.C2H4O/c1-6-5-7(10-9-6)8(2,3)4;1-2-3/h5H,1-4H3;2H,1H3. The van der Waals surface area contributed by atoms with E-state index in [9.17, 15) is 0 Å². The van der Waals surface area contributed by atoms with E-state index in [0.717, 1.165) is 17.7 Å². The van der Waals surface area contributed by atoms with E-state index in [4.69, 9.17) is 9.32 Å². The molecule has 0 fully saturated rings. The molecule has 74 valence electrons. The first-order chi connectivity index (χ1) is 5.91. The predicted molar refractivity (Wildman–Crippen MR) is 51.7 cm³/mol. The van der Waals surface area contributed by atoms with Crippen LogP contribution in [0.3, 0.4) is 0 Å². The summed E-state index contributed by atoms with van der Waals surface area (Å²) in [5, 5.41) is 3.81. The van der Waals surface area contributed by atoms with Gasteiger partial charge in [0.15, 0.2) is 0 Å². The highest BCUT2D eigenvalue weighted by Crippen LogP contribution is 2.21. The van der Waals surface area contributed by atoms with Gasteiger partial charge >= 0.3 is 0 Å². The molecule has 0 radical (unpaired) electrons. The second-order valence-electron chi connectivity index (χ2n) is 3.82. The zero-order valence-electron chi connectivity index (χ0n) is 8.92. The van der Waals surface area contributed by atoms with Crippen LogP contribution in [0.25, 0.3) is 0 Å². The van der Waals surface area contributed by atoms with E-state index in [1.165, 1.54) is 6.92 Å². The summed E-state index contributed by atoms with van der Waals surface area (Å²) in [5.74, 6) is 0.949. The van der Waals surface area contributed by atoms with Crippen molar-refractivity contribution < 1.29 is 9.32 Å². The number of nitrogens with zero attached hydrogens (tertiary/aromatic N) is 1. The molecular weight excluding hydrogens is 166 g/mol. The second kappa shape index (κ2) is 4.80. The number of hydrogen-bond donors (Lipinski definition) is 0. The van der Waals surface area contributed by atoms with E-state index < -0.39 is 0 Å². The minimum Gasteiger partial charge on any atom is -0.361 e. The molecule has 0 bridgehead atoms. The van der Waals surface area contributed by atoms with Crippen LogP contribution in [0.2, 0.25) is 0 Å². The van der Waals surface area contributed by atoms with Gasteiger partial charge in [0, 0.05) is 11.5 Å². The van der Waals surface area contributed by atoms with Crippen molar-refractivity contribution >= 4 is 6.29 Å². The highest BCUT2D eigenvalue weighted by molar-refractivity contribution is 5.44. The van der Waals surface area contributed by atoms with Crippen LogP contribution in [0.1, 0.15) is 39.1 Å². The molecule has 0 amide bonds. The van der Waals surface area contributed by atoms with Gasteiger partial charge in [-0.3, -0.25) is 0 Å².